The lowest BCUT2D eigenvalue weighted by atomic mass is 9.85. The normalized spacial score (nSPS) is 14.9. The first-order valence-corrected chi connectivity index (χ1v) is 7.74. The van der Waals surface area contributed by atoms with Crippen molar-refractivity contribution in [3.63, 3.8) is 0 Å². The van der Waals surface area contributed by atoms with Crippen LogP contribution in [0.1, 0.15) is 35.2 Å². The summed E-state index contributed by atoms with van der Waals surface area (Å²) in [5.41, 5.74) is 12.2. The fraction of sp³-hybridized carbons (Fsp3) is 0.438. The Morgan fingerprint density at radius 2 is 1.83 bits per heavy atom. The summed E-state index contributed by atoms with van der Waals surface area (Å²) in [6.45, 7) is 1.16. The summed E-state index contributed by atoms with van der Waals surface area (Å²) in [7, 11) is 0. The molecule has 0 bridgehead atoms. The van der Waals surface area contributed by atoms with E-state index in [1.165, 1.54) is 19.3 Å². The van der Waals surface area contributed by atoms with Gasteiger partial charge in [0.25, 0.3) is 5.91 Å². The van der Waals surface area contributed by atoms with E-state index in [-0.39, 0.29) is 12.5 Å². The smallest absolute Gasteiger partial charge is 0.251 e. The average Bonchev–Trinajstić information content (AvgIpc) is 2.49. The van der Waals surface area contributed by atoms with Gasteiger partial charge < -0.3 is 22.1 Å². The van der Waals surface area contributed by atoms with Crippen LogP contribution in [0.4, 0.5) is 0 Å². The van der Waals surface area contributed by atoms with Gasteiger partial charge in [-0.05, 0) is 36.5 Å². The van der Waals surface area contributed by atoms with E-state index in [2.05, 4.69) is 15.6 Å². The third kappa shape index (κ3) is 5.61. The van der Waals surface area contributed by atoms with E-state index in [0.29, 0.717) is 18.1 Å². The van der Waals surface area contributed by atoms with E-state index in [1.54, 1.807) is 12.1 Å². The van der Waals surface area contributed by atoms with Crippen LogP contribution in [-0.2, 0) is 11.3 Å². The molecule has 0 aliphatic heterocycles. The monoisotopic (exact) mass is 317 g/mol. The van der Waals surface area contributed by atoms with E-state index in [1.807, 2.05) is 12.1 Å². The Labute approximate surface area is 135 Å². The lowest BCUT2D eigenvalue weighted by molar-refractivity contribution is -0.117. The van der Waals surface area contributed by atoms with Gasteiger partial charge in [0, 0.05) is 12.1 Å². The molecule has 0 radical (unpaired) electrons. The van der Waals surface area contributed by atoms with E-state index < -0.39 is 5.91 Å². The molecule has 0 aromatic heterocycles. The number of hydrogen-bond donors (Lipinski definition) is 4. The number of nitrogens with zero attached hydrogens (tertiary/aromatic N) is 1. The number of carbonyl (C=O) groups excluding carboxylic acids is 2. The summed E-state index contributed by atoms with van der Waals surface area (Å²) in [4.78, 5) is 26.6. The average molecular weight is 317 g/mol. The second-order valence-electron chi connectivity index (χ2n) is 5.73. The number of guanidine groups is 1. The number of rotatable bonds is 7. The van der Waals surface area contributed by atoms with Crippen molar-refractivity contribution in [3.8, 4) is 0 Å². The maximum atomic E-state index is 11.7. The standard InChI is InChI=1S/C16H23N5O2/c17-14(22)10-19-15(23)13-6-4-12(5-7-13)9-21-16(18)20-8-11-2-1-3-11/h4-7,11H,1-3,8-10H2,(H2,17,22)(H,19,23)(H3,18,20,21). The van der Waals surface area contributed by atoms with Gasteiger partial charge in [-0.25, -0.2) is 4.99 Å². The molecular weight excluding hydrogens is 294 g/mol. The van der Waals surface area contributed by atoms with Crippen LogP contribution < -0.4 is 22.1 Å². The van der Waals surface area contributed by atoms with Gasteiger partial charge in [0.1, 0.15) is 0 Å². The lowest BCUT2D eigenvalue weighted by Crippen LogP contribution is -2.37. The van der Waals surface area contributed by atoms with E-state index in [0.717, 1.165) is 18.0 Å². The molecule has 1 saturated carbocycles. The van der Waals surface area contributed by atoms with Crippen LogP contribution in [0.3, 0.4) is 0 Å². The van der Waals surface area contributed by atoms with Gasteiger partial charge in [-0.3, -0.25) is 9.59 Å². The Balaban J connectivity index is 1.79. The van der Waals surface area contributed by atoms with Crippen molar-refractivity contribution in [2.24, 2.45) is 22.4 Å². The highest BCUT2D eigenvalue weighted by Crippen LogP contribution is 2.24. The fourth-order valence-corrected chi connectivity index (χ4v) is 2.21. The quantitative estimate of drug-likeness (QED) is 0.421. The SMILES string of the molecule is NC(=O)CNC(=O)c1ccc(CN=C(N)NCC2CCC2)cc1. The number of hydrogen-bond acceptors (Lipinski definition) is 3. The molecule has 124 valence electrons. The number of aliphatic imine (C=N–C) groups is 1. The van der Waals surface area contributed by atoms with Gasteiger partial charge in [-0.1, -0.05) is 18.6 Å². The Kier molecular flexibility index (Phi) is 5.96. The Hall–Kier alpha value is -2.57. The van der Waals surface area contributed by atoms with Crippen molar-refractivity contribution in [1.29, 1.82) is 0 Å². The molecule has 6 N–H and O–H groups in total. The molecule has 1 aliphatic rings. The highest BCUT2D eigenvalue weighted by Gasteiger charge is 2.16. The third-order valence-corrected chi connectivity index (χ3v) is 3.87. The molecule has 0 saturated heterocycles. The molecule has 0 spiro atoms. The van der Waals surface area contributed by atoms with Gasteiger partial charge in [0.15, 0.2) is 5.96 Å². The zero-order valence-electron chi connectivity index (χ0n) is 13.0. The molecule has 2 rings (SSSR count). The molecule has 7 nitrogen and oxygen atoms in total. The van der Waals surface area contributed by atoms with Gasteiger partial charge in [-0.2, -0.15) is 0 Å². The van der Waals surface area contributed by atoms with Crippen LogP contribution >= 0.6 is 0 Å². The fourth-order valence-electron chi connectivity index (χ4n) is 2.21. The summed E-state index contributed by atoms with van der Waals surface area (Å²) < 4.78 is 0. The van der Waals surface area contributed by atoms with Crippen molar-refractivity contribution < 1.29 is 9.59 Å². The second kappa shape index (κ2) is 8.17. The maximum Gasteiger partial charge on any atom is 0.251 e. The van der Waals surface area contributed by atoms with Crippen LogP contribution in [-0.4, -0.2) is 30.9 Å². The topological polar surface area (TPSA) is 123 Å². The minimum Gasteiger partial charge on any atom is -0.370 e. The van der Waals surface area contributed by atoms with E-state index in [9.17, 15) is 9.59 Å². The molecular formula is C16H23N5O2. The highest BCUT2D eigenvalue weighted by molar-refractivity contribution is 5.96. The molecule has 1 aromatic rings. The molecule has 1 aromatic carbocycles. The Morgan fingerprint density at radius 3 is 2.39 bits per heavy atom. The summed E-state index contributed by atoms with van der Waals surface area (Å²) in [5.74, 6) is 0.261. The first kappa shape index (κ1) is 16.8. The molecule has 23 heavy (non-hydrogen) atoms. The third-order valence-electron chi connectivity index (χ3n) is 3.87. The number of carbonyl (C=O) groups is 2. The zero-order valence-corrected chi connectivity index (χ0v) is 13.0. The first-order chi connectivity index (χ1) is 11.0. The minimum absolute atomic E-state index is 0.173. The van der Waals surface area contributed by atoms with Crippen LogP contribution in [0.15, 0.2) is 29.3 Å². The summed E-state index contributed by atoms with van der Waals surface area (Å²) in [6, 6.07) is 6.97. The summed E-state index contributed by atoms with van der Waals surface area (Å²) in [6.07, 6.45) is 3.84. The zero-order chi connectivity index (χ0) is 16.7. The van der Waals surface area contributed by atoms with Crippen LogP contribution in [0, 0.1) is 5.92 Å². The molecule has 1 aliphatic carbocycles. The van der Waals surface area contributed by atoms with Crippen LogP contribution in [0.2, 0.25) is 0 Å². The Bertz CT molecular complexity index is 579. The van der Waals surface area contributed by atoms with E-state index >= 15 is 0 Å². The Morgan fingerprint density at radius 1 is 1.13 bits per heavy atom. The minimum atomic E-state index is -0.575. The van der Waals surface area contributed by atoms with Gasteiger partial charge in [0.05, 0.1) is 13.1 Å². The van der Waals surface area contributed by atoms with Crippen molar-refractivity contribution in [2.75, 3.05) is 13.1 Å². The predicted octanol–water partition coefficient (Wildman–Crippen LogP) is 0.106. The molecule has 2 amide bonds. The summed E-state index contributed by atoms with van der Waals surface area (Å²) >= 11 is 0. The predicted molar refractivity (Wildman–Crippen MR) is 88.6 cm³/mol. The van der Waals surface area contributed by atoms with Gasteiger partial charge >= 0.3 is 0 Å². The van der Waals surface area contributed by atoms with E-state index in [4.69, 9.17) is 11.5 Å². The van der Waals surface area contributed by atoms with Crippen molar-refractivity contribution in [3.05, 3.63) is 35.4 Å². The molecule has 0 heterocycles. The second-order valence-corrected chi connectivity index (χ2v) is 5.73. The van der Waals surface area contributed by atoms with Gasteiger partial charge in [0.2, 0.25) is 5.91 Å². The summed E-state index contributed by atoms with van der Waals surface area (Å²) in [5, 5.41) is 5.57. The lowest BCUT2D eigenvalue weighted by Gasteiger charge is -2.25. The van der Waals surface area contributed by atoms with Crippen molar-refractivity contribution in [1.82, 2.24) is 10.6 Å². The largest absolute Gasteiger partial charge is 0.370 e. The molecule has 0 unspecified atom stereocenters. The number of amides is 2. The molecule has 0 atom stereocenters. The highest BCUT2D eigenvalue weighted by atomic mass is 16.2. The number of primary amides is 1. The number of nitrogens with one attached hydrogen (secondary N) is 2. The number of benzene rings is 1. The van der Waals surface area contributed by atoms with Crippen molar-refractivity contribution in [2.45, 2.75) is 25.8 Å². The van der Waals surface area contributed by atoms with Gasteiger partial charge in [-0.15, -0.1) is 0 Å². The van der Waals surface area contributed by atoms with Crippen LogP contribution in [0.25, 0.3) is 0 Å². The maximum absolute atomic E-state index is 11.7. The van der Waals surface area contributed by atoms with Crippen molar-refractivity contribution >= 4 is 17.8 Å². The van der Waals surface area contributed by atoms with Crippen LogP contribution in [0.5, 0.6) is 0 Å². The molecule has 7 heteroatoms. The first-order valence-electron chi connectivity index (χ1n) is 7.74. The molecule has 1 fully saturated rings. The number of nitrogens with two attached hydrogens (primary N) is 2.